The minimum Gasteiger partial charge on any atom is -0.419 e. The zero-order valence-electron chi connectivity index (χ0n) is 21.0. The average Bonchev–Trinajstić information content (AvgIpc) is 3.48. The van der Waals surface area contributed by atoms with Gasteiger partial charge in [-0.1, -0.05) is 12.1 Å². The van der Waals surface area contributed by atoms with E-state index in [2.05, 4.69) is 20.4 Å². The van der Waals surface area contributed by atoms with Crippen LogP contribution in [0.3, 0.4) is 0 Å². The van der Waals surface area contributed by atoms with E-state index in [1.807, 2.05) is 16.5 Å². The summed E-state index contributed by atoms with van der Waals surface area (Å²) in [6.45, 7) is 3.73. The number of hydrogen-bond acceptors (Lipinski definition) is 11. The van der Waals surface area contributed by atoms with Crippen LogP contribution in [-0.2, 0) is 26.9 Å². The number of benzene rings is 1. The van der Waals surface area contributed by atoms with E-state index in [9.17, 15) is 13.2 Å². The first-order valence-electron chi connectivity index (χ1n) is 11.9. The molecule has 3 aromatic rings. The first-order chi connectivity index (χ1) is 17.7. The third-order valence-corrected chi connectivity index (χ3v) is 7.06. The number of carbonyl (C=O) groups is 1. The number of nitrogens with zero attached hydrogens (tertiary/aromatic N) is 7. The van der Waals surface area contributed by atoms with Gasteiger partial charge >= 0.3 is 0 Å². The highest BCUT2D eigenvalue weighted by Crippen LogP contribution is 2.30. The Morgan fingerprint density at radius 3 is 2.43 bits per heavy atom. The standard InChI is InChI=1S/C23H30N8O5S/c1-28-14-35-15-29(2)22(32)19-20(28)25-23(30-10-8-24-9-11-30)31(19)12-18-26-27-21(36-18)17-6-4-16(5-7-17)13-37(3,33)34/h4-7,24H,8-15H2,1-3H3. The third kappa shape index (κ3) is 5.45. The average molecular weight is 531 g/mol. The lowest BCUT2D eigenvalue weighted by atomic mass is 10.1. The molecule has 2 aromatic heterocycles. The smallest absolute Gasteiger partial charge is 0.276 e. The second-order valence-corrected chi connectivity index (χ2v) is 11.5. The van der Waals surface area contributed by atoms with Gasteiger partial charge in [0.05, 0.1) is 5.75 Å². The molecule has 0 bridgehead atoms. The van der Waals surface area contributed by atoms with E-state index in [1.165, 1.54) is 11.2 Å². The highest BCUT2D eigenvalue weighted by atomic mass is 32.2. The number of fused-ring (bicyclic) bond motifs is 1. The Morgan fingerprint density at radius 2 is 1.73 bits per heavy atom. The lowest BCUT2D eigenvalue weighted by Gasteiger charge is -2.29. The normalized spacial score (nSPS) is 17.1. The molecule has 2 aliphatic heterocycles. The molecular weight excluding hydrogens is 500 g/mol. The number of amides is 1. The SMILES string of the molecule is CN1COCN(C)c2nc(N3CCNCC3)n(Cc3nnc(-c4ccc(CS(C)(=O)=O)cc4)o3)c2C1=O. The summed E-state index contributed by atoms with van der Waals surface area (Å²) in [5.74, 6) is 1.57. The molecule has 1 aromatic carbocycles. The summed E-state index contributed by atoms with van der Waals surface area (Å²) in [7, 11) is 0.406. The van der Waals surface area contributed by atoms with Gasteiger partial charge in [0.2, 0.25) is 17.7 Å². The molecule has 0 atom stereocenters. The Balaban J connectivity index is 1.49. The second kappa shape index (κ2) is 10.1. The van der Waals surface area contributed by atoms with Crippen LogP contribution >= 0.6 is 0 Å². The molecule has 1 saturated heterocycles. The lowest BCUT2D eigenvalue weighted by Crippen LogP contribution is -2.45. The number of sulfone groups is 1. The number of anilines is 2. The van der Waals surface area contributed by atoms with Gasteiger partial charge in [-0.2, -0.15) is 4.98 Å². The van der Waals surface area contributed by atoms with Crippen LogP contribution in [0.4, 0.5) is 11.8 Å². The molecule has 4 heterocycles. The summed E-state index contributed by atoms with van der Waals surface area (Å²) in [6.07, 6.45) is 1.20. The molecule has 14 heteroatoms. The highest BCUT2D eigenvalue weighted by Gasteiger charge is 2.32. The Labute approximate surface area is 214 Å². The number of aromatic nitrogens is 4. The summed E-state index contributed by atoms with van der Waals surface area (Å²) in [6, 6.07) is 6.97. The van der Waals surface area contributed by atoms with E-state index >= 15 is 0 Å². The minimum absolute atomic E-state index is 0.0368. The monoisotopic (exact) mass is 530 g/mol. The molecule has 2 aliphatic rings. The third-order valence-electron chi connectivity index (χ3n) is 6.20. The van der Waals surface area contributed by atoms with Gasteiger partial charge in [0.15, 0.2) is 21.3 Å². The predicted molar refractivity (Wildman–Crippen MR) is 136 cm³/mol. The van der Waals surface area contributed by atoms with Crippen molar-refractivity contribution in [3.8, 4) is 11.5 Å². The van der Waals surface area contributed by atoms with E-state index in [1.54, 1.807) is 31.3 Å². The summed E-state index contributed by atoms with van der Waals surface area (Å²) >= 11 is 0. The van der Waals surface area contributed by atoms with Crippen LogP contribution in [0, 0.1) is 0 Å². The van der Waals surface area contributed by atoms with E-state index in [4.69, 9.17) is 14.1 Å². The van der Waals surface area contributed by atoms with Gasteiger partial charge in [0.1, 0.15) is 20.0 Å². The van der Waals surface area contributed by atoms with Crippen molar-refractivity contribution in [2.45, 2.75) is 12.3 Å². The molecule has 0 saturated carbocycles. The topological polar surface area (TPSA) is 139 Å². The number of ether oxygens (including phenoxy) is 1. The highest BCUT2D eigenvalue weighted by molar-refractivity contribution is 7.89. The maximum absolute atomic E-state index is 13.4. The molecule has 5 rings (SSSR count). The van der Waals surface area contributed by atoms with Crippen molar-refractivity contribution in [3.05, 3.63) is 41.4 Å². The van der Waals surface area contributed by atoms with Crippen LogP contribution in [0.5, 0.6) is 0 Å². The van der Waals surface area contributed by atoms with Gasteiger partial charge in [-0.15, -0.1) is 10.2 Å². The predicted octanol–water partition coefficient (Wildman–Crippen LogP) is 0.389. The molecule has 0 spiro atoms. The van der Waals surface area contributed by atoms with Gasteiger partial charge in [-0.25, -0.2) is 8.42 Å². The molecule has 0 aliphatic carbocycles. The lowest BCUT2D eigenvalue weighted by molar-refractivity contribution is 0.0312. The number of imidazole rings is 1. The number of nitrogens with one attached hydrogen (secondary N) is 1. The Kier molecular flexibility index (Phi) is 6.88. The Morgan fingerprint density at radius 1 is 1.03 bits per heavy atom. The van der Waals surface area contributed by atoms with Gasteiger partial charge in [-0.05, 0) is 17.7 Å². The van der Waals surface area contributed by atoms with Crippen molar-refractivity contribution in [2.75, 3.05) is 69.8 Å². The van der Waals surface area contributed by atoms with E-state index < -0.39 is 9.84 Å². The molecule has 13 nitrogen and oxygen atoms in total. The molecule has 1 amide bonds. The summed E-state index contributed by atoms with van der Waals surface area (Å²) in [5.41, 5.74) is 1.79. The number of piperazine rings is 1. The van der Waals surface area contributed by atoms with Crippen LogP contribution in [0.15, 0.2) is 28.7 Å². The first-order valence-corrected chi connectivity index (χ1v) is 14.0. The Hall–Kier alpha value is -3.49. The van der Waals surface area contributed by atoms with Crippen LogP contribution in [-0.4, -0.2) is 99.0 Å². The van der Waals surface area contributed by atoms with Crippen LogP contribution in [0.1, 0.15) is 21.9 Å². The van der Waals surface area contributed by atoms with Gasteiger partial charge < -0.3 is 29.2 Å². The molecule has 1 fully saturated rings. The molecular formula is C23H30N8O5S. The molecule has 0 radical (unpaired) electrons. The van der Waals surface area contributed by atoms with Crippen molar-refractivity contribution in [2.24, 2.45) is 0 Å². The minimum atomic E-state index is -3.13. The van der Waals surface area contributed by atoms with Gasteiger partial charge in [0.25, 0.3) is 5.91 Å². The van der Waals surface area contributed by atoms with Crippen LogP contribution < -0.4 is 15.1 Å². The fourth-order valence-electron chi connectivity index (χ4n) is 4.39. The largest absolute Gasteiger partial charge is 0.419 e. The Bertz CT molecular complexity index is 1380. The van der Waals surface area contributed by atoms with E-state index in [-0.39, 0.29) is 24.9 Å². The van der Waals surface area contributed by atoms with Crippen molar-refractivity contribution < 1.29 is 22.4 Å². The van der Waals surface area contributed by atoms with Crippen LogP contribution in [0.25, 0.3) is 11.5 Å². The van der Waals surface area contributed by atoms with Gasteiger partial charge in [-0.3, -0.25) is 9.36 Å². The molecule has 198 valence electrons. The maximum atomic E-state index is 13.4. The van der Waals surface area contributed by atoms with Gasteiger partial charge in [0, 0.05) is 52.1 Å². The fourth-order valence-corrected chi connectivity index (χ4v) is 5.19. The zero-order chi connectivity index (χ0) is 26.2. The number of carbonyl (C=O) groups excluding carboxylic acids is 1. The maximum Gasteiger partial charge on any atom is 0.276 e. The number of hydrogen-bond donors (Lipinski definition) is 1. The molecule has 1 N–H and O–H groups in total. The van der Waals surface area contributed by atoms with Crippen molar-refractivity contribution >= 4 is 27.5 Å². The fraction of sp³-hybridized carbons (Fsp3) is 0.478. The van der Waals surface area contributed by atoms with Crippen molar-refractivity contribution in [1.82, 2.24) is 30.0 Å². The number of rotatable bonds is 6. The summed E-state index contributed by atoms with van der Waals surface area (Å²) in [4.78, 5) is 23.8. The van der Waals surface area contributed by atoms with Crippen molar-refractivity contribution in [1.29, 1.82) is 0 Å². The second-order valence-electron chi connectivity index (χ2n) is 9.34. The quantitative estimate of drug-likeness (QED) is 0.473. The van der Waals surface area contributed by atoms with E-state index in [0.29, 0.717) is 47.1 Å². The summed E-state index contributed by atoms with van der Waals surface area (Å²) < 4.78 is 36.6. The van der Waals surface area contributed by atoms with Crippen molar-refractivity contribution in [3.63, 3.8) is 0 Å². The van der Waals surface area contributed by atoms with E-state index in [0.717, 1.165) is 26.2 Å². The summed E-state index contributed by atoms with van der Waals surface area (Å²) in [5, 5.41) is 11.8. The molecule has 37 heavy (non-hydrogen) atoms. The molecule has 0 unspecified atom stereocenters. The zero-order valence-corrected chi connectivity index (χ0v) is 21.9. The van der Waals surface area contributed by atoms with Crippen LogP contribution in [0.2, 0.25) is 0 Å². The first kappa shape index (κ1) is 25.2.